The molecule has 180 valence electrons. The summed E-state index contributed by atoms with van der Waals surface area (Å²) in [6.45, 7) is 0. The maximum Gasteiger partial charge on any atom is 0.271 e. The van der Waals surface area contributed by atoms with Crippen molar-refractivity contribution in [1.29, 1.82) is 0 Å². The molecule has 6 heteroatoms. The van der Waals surface area contributed by atoms with E-state index < -0.39 is 0 Å². The molecule has 0 spiro atoms. The van der Waals surface area contributed by atoms with E-state index in [1.54, 1.807) is 7.11 Å². The van der Waals surface area contributed by atoms with Gasteiger partial charge in [0.05, 0.1) is 23.4 Å². The van der Waals surface area contributed by atoms with E-state index in [-0.39, 0.29) is 11.6 Å². The van der Waals surface area contributed by atoms with Gasteiger partial charge in [-0.1, -0.05) is 59.9 Å². The van der Waals surface area contributed by atoms with E-state index in [0.717, 1.165) is 45.9 Å². The Morgan fingerprint density at radius 1 is 1.00 bits per heavy atom. The first-order valence-corrected chi connectivity index (χ1v) is 12.9. The van der Waals surface area contributed by atoms with Gasteiger partial charge in [0.1, 0.15) is 5.75 Å². The van der Waals surface area contributed by atoms with E-state index in [9.17, 15) is 4.79 Å². The van der Waals surface area contributed by atoms with Crippen LogP contribution in [0.4, 0.5) is 5.69 Å². The van der Waals surface area contributed by atoms with Gasteiger partial charge < -0.3 is 9.64 Å². The maximum atomic E-state index is 13.8. The second-order valence-corrected chi connectivity index (χ2v) is 10.4. The first kappa shape index (κ1) is 22.6. The highest BCUT2D eigenvalue weighted by molar-refractivity contribution is 7.07. The van der Waals surface area contributed by atoms with Crippen molar-refractivity contribution >= 4 is 28.8 Å². The minimum absolute atomic E-state index is 0.00154. The molecule has 0 saturated carbocycles. The molecule has 1 atom stereocenters. The lowest BCUT2D eigenvalue weighted by molar-refractivity contribution is 0.414. The average Bonchev–Trinajstić information content (AvgIpc) is 3.22. The fourth-order valence-electron chi connectivity index (χ4n) is 5.13. The monoisotopic (exact) mass is 493 g/mol. The van der Waals surface area contributed by atoms with Gasteiger partial charge in [0.25, 0.3) is 5.56 Å². The quantitative estimate of drug-likeness (QED) is 0.424. The van der Waals surface area contributed by atoms with Gasteiger partial charge in [-0.05, 0) is 65.4 Å². The van der Waals surface area contributed by atoms with Crippen molar-refractivity contribution in [3.8, 4) is 5.75 Å². The number of aryl methyl sites for hydroxylation is 1. The first-order valence-electron chi connectivity index (χ1n) is 12.1. The molecule has 0 fully saturated rings. The smallest absolute Gasteiger partial charge is 0.271 e. The molecule has 6 rings (SSSR count). The van der Waals surface area contributed by atoms with Crippen LogP contribution in [-0.4, -0.2) is 25.8 Å². The third-order valence-corrected chi connectivity index (χ3v) is 7.99. The zero-order valence-electron chi connectivity index (χ0n) is 20.6. The van der Waals surface area contributed by atoms with Gasteiger partial charge in [-0.15, -0.1) is 0 Å². The Kier molecular flexibility index (Phi) is 5.61. The van der Waals surface area contributed by atoms with E-state index in [1.165, 1.54) is 28.0 Å². The lowest BCUT2D eigenvalue weighted by Crippen LogP contribution is -2.38. The highest BCUT2D eigenvalue weighted by atomic mass is 32.1. The summed E-state index contributed by atoms with van der Waals surface area (Å²) in [6.07, 6.45) is 3.80. The topological polar surface area (TPSA) is 46.8 Å². The molecule has 4 aromatic rings. The fraction of sp³-hybridized carbons (Fsp3) is 0.200. The minimum Gasteiger partial charge on any atom is -0.497 e. The summed E-state index contributed by atoms with van der Waals surface area (Å²) in [6, 6.07) is 24.6. The molecule has 1 unspecified atom stereocenters. The molecule has 0 N–H and O–H groups in total. The summed E-state index contributed by atoms with van der Waals surface area (Å²) >= 11 is 1.46. The van der Waals surface area contributed by atoms with Crippen LogP contribution in [0.5, 0.6) is 5.75 Å². The van der Waals surface area contributed by atoms with E-state index in [1.807, 2.05) is 36.9 Å². The van der Waals surface area contributed by atoms with Crippen LogP contribution in [0.1, 0.15) is 34.7 Å². The summed E-state index contributed by atoms with van der Waals surface area (Å²) in [7, 11) is 5.71. The third-order valence-electron chi connectivity index (χ3n) is 7.01. The number of hydrogen-bond donors (Lipinski definition) is 0. The molecule has 1 aliphatic heterocycles. The minimum atomic E-state index is -0.186. The largest absolute Gasteiger partial charge is 0.497 e. The molecule has 0 radical (unpaired) electrons. The van der Waals surface area contributed by atoms with E-state index in [0.29, 0.717) is 4.53 Å². The van der Waals surface area contributed by atoms with Crippen molar-refractivity contribution in [2.45, 2.75) is 18.9 Å². The predicted octanol–water partition coefficient (Wildman–Crippen LogP) is 4.39. The molecule has 2 aliphatic rings. The Hall–Kier alpha value is -3.90. The average molecular weight is 494 g/mol. The van der Waals surface area contributed by atoms with Crippen molar-refractivity contribution in [1.82, 2.24) is 4.57 Å². The van der Waals surface area contributed by atoms with Crippen molar-refractivity contribution in [3.63, 3.8) is 0 Å². The van der Waals surface area contributed by atoms with Crippen molar-refractivity contribution in [2.24, 2.45) is 4.99 Å². The zero-order valence-corrected chi connectivity index (χ0v) is 21.4. The summed E-state index contributed by atoms with van der Waals surface area (Å²) in [5.41, 5.74) is 7.90. The Labute approximate surface area is 213 Å². The van der Waals surface area contributed by atoms with Gasteiger partial charge in [0, 0.05) is 25.3 Å². The van der Waals surface area contributed by atoms with E-state index >= 15 is 0 Å². The van der Waals surface area contributed by atoms with Crippen LogP contribution < -0.4 is 24.5 Å². The highest BCUT2D eigenvalue weighted by Gasteiger charge is 2.32. The van der Waals surface area contributed by atoms with Crippen molar-refractivity contribution in [2.75, 3.05) is 26.1 Å². The molecular formula is C30H27N3O2S. The fourth-order valence-corrected chi connectivity index (χ4v) is 6.13. The number of methoxy groups -OCH3 is 1. The number of hydrogen-bond acceptors (Lipinski definition) is 5. The van der Waals surface area contributed by atoms with Crippen LogP contribution >= 0.6 is 11.3 Å². The van der Waals surface area contributed by atoms with Gasteiger partial charge in [0.2, 0.25) is 0 Å². The van der Waals surface area contributed by atoms with Crippen molar-refractivity contribution in [3.05, 3.63) is 120 Å². The maximum absolute atomic E-state index is 13.8. The van der Waals surface area contributed by atoms with Gasteiger partial charge in [-0.3, -0.25) is 9.36 Å². The summed E-state index contributed by atoms with van der Waals surface area (Å²) in [5.74, 6) is 0.801. The summed E-state index contributed by atoms with van der Waals surface area (Å²) < 4.78 is 7.97. The Morgan fingerprint density at radius 2 is 1.75 bits per heavy atom. The third kappa shape index (κ3) is 3.78. The number of nitrogens with zero attached hydrogens (tertiary/aromatic N) is 3. The molecule has 3 aromatic carbocycles. The number of anilines is 1. The van der Waals surface area contributed by atoms with Crippen LogP contribution in [0.15, 0.2) is 88.2 Å². The second-order valence-electron chi connectivity index (χ2n) is 9.37. The number of aromatic nitrogens is 1. The molecule has 36 heavy (non-hydrogen) atoms. The molecule has 1 aliphatic carbocycles. The number of rotatable bonds is 4. The van der Waals surface area contributed by atoms with E-state index in [4.69, 9.17) is 9.73 Å². The normalized spacial score (nSPS) is 16.6. The van der Waals surface area contributed by atoms with Gasteiger partial charge in [-0.2, -0.15) is 0 Å². The van der Waals surface area contributed by atoms with Crippen LogP contribution in [0.2, 0.25) is 0 Å². The number of ether oxygens (including phenoxy) is 1. The van der Waals surface area contributed by atoms with E-state index in [2.05, 4.69) is 65.6 Å². The van der Waals surface area contributed by atoms with Crippen LogP contribution in [0, 0.1) is 0 Å². The number of thiazole rings is 1. The predicted molar refractivity (Wildman–Crippen MR) is 147 cm³/mol. The summed E-state index contributed by atoms with van der Waals surface area (Å²) in [4.78, 5) is 21.7. The molecule has 2 heterocycles. The number of allylic oxidation sites excluding steroid dienone is 1. The van der Waals surface area contributed by atoms with Gasteiger partial charge in [-0.25, -0.2) is 4.99 Å². The summed E-state index contributed by atoms with van der Waals surface area (Å²) in [5, 5.41) is 0. The molecule has 1 aromatic heterocycles. The SMILES string of the molecule is COc1ccc(C2C3=C(N=c4s/c(=C/c5ccc(N(C)C)cc5)c(=O)n42)c2ccccc2CC3)cc1. The lowest BCUT2D eigenvalue weighted by Gasteiger charge is -2.30. The van der Waals surface area contributed by atoms with Crippen LogP contribution in [0.25, 0.3) is 11.8 Å². The zero-order chi connectivity index (χ0) is 24.8. The van der Waals surface area contributed by atoms with Crippen molar-refractivity contribution < 1.29 is 4.74 Å². The van der Waals surface area contributed by atoms with Crippen LogP contribution in [-0.2, 0) is 6.42 Å². The number of benzene rings is 3. The molecule has 0 saturated heterocycles. The second kappa shape index (κ2) is 8.95. The number of fused-ring (bicyclic) bond motifs is 3. The lowest BCUT2D eigenvalue weighted by atomic mass is 9.83. The first-order chi connectivity index (χ1) is 17.5. The van der Waals surface area contributed by atoms with Crippen LogP contribution in [0.3, 0.4) is 0 Å². The molecule has 0 bridgehead atoms. The Bertz CT molecular complexity index is 1660. The Morgan fingerprint density at radius 3 is 2.47 bits per heavy atom. The highest BCUT2D eigenvalue weighted by Crippen LogP contribution is 2.41. The Balaban J connectivity index is 1.56. The van der Waals surface area contributed by atoms with Gasteiger partial charge in [0.15, 0.2) is 4.80 Å². The standard InChI is InChI=1S/C30H27N3O2S/c1-32(2)22-13-8-19(9-14-22)18-26-29(34)33-28(21-10-15-23(35-3)16-11-21)25-17-12-20-6-4-5-7-24(20)27(25)31-30(33)36-26/h4-11,13-16,18,28H,12,17H2,1-3H3/b26-18+. The molecule has 0 amide bonds. The van der Waals surface area contributed by atoms with Gasteiger partial charge >= 0.3 is 0 Å². The molecule has 5 nitrogen and oxygen atoms in total. The molecular weight excluding hydrogens is 466 g/mol.